The van der Waals surface area contributed by atoms with Gasteiger partial charge < -0.3 is 11.5 Å². The highest BCUT2D eigenvalue weighted by atomic mass is 32.2. The van der Waals surface area contributed by atoms with Crippen molar-refractivity contribution in [1.82, 2.24) is 4.31 Å². The summed E-state index contributed by atoms with van der Waals surface area (Å²) in [5.41, 5.74) is 10.7. The Bertz CT molecular complexity index is 618. The van der Waals surface area contributed by atoms with Crippen LogP contribution in [0.1, 0.15) is 12.8 Å². The maximum Gasteiger partial charge on any atom is 0.246 e. The third kappa shape index (κ3) is 2.41. The number of primary amides is 1. The quantitative estimate of drug-likeness (QED) is 0.766. The van der Waals surface area contributed by atoms with E-state index in [1.807, 2.05) is 0 Å². The molecule has 1 aromatic rings. The lowest BCUT2D eigenvalue weighted by Gasteiger charge is -2.21. The third-order valence-electron chi connectivity index (χ3n) is 3.07. The Morgan fingerprint density at radius 3 is 2.68 bits per heavy atom. The monoisotopic (exact) mass is 287 g/mol. The zero-order valence-electron chi connectivity index (χ0n) is 10.0. The molecule has 0 aromatic heterocycles. The fourth-order valence-corrected chi connectivity index (χ4v) is 3.88. The highest BCUT2D eigenvalue weighted by Crippen LogP contribution is 2.28. The SMILES string of the molecule is NC(=O)C1CCCN1S(=O)(=O)c1ccc(N)cc1F. The third-order valence-corrected chi connectivity index (χ3v) is 5.02. The normalized spacial score (nSPS) is 20.6. The minimum atomic E-state index is -4.08. The molecule has 6 nitrogen and oxygen atoms in total. The zero-order valence-corrected chi connectivity index (χ0v) is 10.9. The van der Waals surface area contributed by atoms with Crippen LogP contribution in [0.15, 0.2) is 23.1 Å². The summed E-state index contributed by atoms with van der Waals surface area (Å²) in [5.74, 6) is -1.66. The van der Waals surface area contributed by atoms with Crippen molar-refractivity contribution < 1.29 is 17.6 Å². The van der Waals surface area contributed by atoms with Gasteiger partial charge in [-0.1, -0.05) is 0 Å². The predicted molar refractivity (Wildman–Crippen MR) is 66.9 cm³/mol. The van der Waals surface area contributed by atoms with Crippen molar-refractivity contribution >= 4 is 21.6 Å². The van der Waals surface area contributed by atoms with Crippen LogP contribution in [-0.4, -0.2) is 31.2 Å². The average Bonchev–Trinajstić information content (AvgIpc) is 2.77. The average molecular weight is 287 g/mol. The lowest BCUT2D eigenvalue weighted by Crippen LogP contribution is -2.43. The molecule has 1 fully saturated rings. The van der Waals surface area contributed by atoms with Crippen LogP contribution in [0.4, 0.5) is 10.1 Å². The van der Waals surface area contributed by atoms with E-state index in [9.17, 15) is 17.6 Å². The zero-order chi connectivity index (χ0) is 14.2. The largest absolute Gasteiger partial charge is 0.399 e. The van der Waals surface area contributed by atoms with Crippen LogP contribution in [0, 0.1) is 5.82 Å². The van der Waals surface area contributed by atoms with Gasteiger partial charge in [-0.3, -0.25) is 4.79 Å². The number of nitrogens with two attached hydrogens (primary N) is 2. The number of carbonyl (C=O) groups is 1. The summed E-state index contributed by atoms with van der Waals surface area (Å²) in [6, 6.07) is 2.41. The van der Waals surface area contributed by atoms with Gasteiger partial charge in [-0.2, -0.15) is 4.31 Å². The topological polar surface area (TPSA) is 106 Å². The number of benzene rings is 1. The van der Waals surface area contributed by atoms with E-state index in [1.54, 1.807) is 0 Å². The lowest BCUT2D eigenvalue weighted by molar-refractivity contribution is -0.121. The van der Waals surface area contributed by atoms with Crippen LogP contribution in [0.2, 0.25) is 0 Å². The van der Waals surface area contributed by atoms with Gasteiger partial charge in [-0.25, -0.2) is 12.8 Å². The van der Waals surface area contributed by atoms with Crippen molar-refractivity contribution in [2.45, 2.75) is 23.8 Å². The molecule has 1 saturated heterocycles. The summed E-state index contributed by atoms with van der Waals surface area (Å²) < 4.78 is 39.3. The van der Waals surface area contributed by atoms with E-state index in [2.05, 4.69) is 0 Å². The summed E-state index contributed by atoms with van der Waals surface area (Å²) in [6.45, 7) is 0.153. The number of carbonyl (C=O) groups excluding carboxylic acids is 1. The van der Waals surface area contributed by atoms with Gasteiger partial charge in [-0.15, -0.1) is 0 Å². The fourth-order valence-electron chi connectivity index (χ4n) is 2.16. The van der Waals surface area contributed by atoms with E-state index in [1.165, 1.54) is 6.07 Å². The van der Waals surface area contributed by atoms with E-state index in [0.717, 1.165) is 16.4 Å². The molecular weight excluding hydrogens is 273 g/mol. The second-order valence-corrected chi connectivity index (χ2v) is 6.22. The number of sulfonamides is 1. The van der Waals surface area contributed by atoms with Gasteiger partial charge in [0.1, 0.15) is 16.8 Å². The van der Waals surface area contributed by atoms with Crippen LogP contribution < -0.4 is 11.5 Å². The molecule has 0 saturated carbocycles. The second-order valence-electron chi connectivity index (χ2n) is 4.37. The molecule has 1 aromatic carbocycles. The Morgan fingerprint density at radius 2 is 2.11 bits per heavy atom. The molecule has 4 N–H and O–H groups in total. The Morgan fingerprint density at radius 1 is 1.42 bits per heavy atom. The van der Waals surface area contributed by atoms with Crippen LogP contribution in [0.3, 0.4) is 0 Å². The summed E-state index contributed by atoms with van der Waals surface area (Å²) in [6.07, 6.45) is 0.870. The van der Waals surface area contributed by atoms with Gasteiger partial charge >= 0.3 is 0 Å². The van der Waals surface area contributed by atoms with Crippen LogP contribution in [0.5, 0.6) is 0 Å². The molecule has 0 radical (unpaired) electrons. The Labute approximate surface area is 110 Å². The van der Waals surface area contributed by atoms with Crippen LogP contribution in [-0.2, 0) is 14.8 Å². The summed E-state index contributed by atoms with van der Waals surface area (Å²) >= 11 is 0. The van der Waals surface area contributed by atoms with E-state index in [4.69, 9.17) is 11.5 Å². The molecule has 0 bridgehead atoms. The van der Waals surface area contributed by atoms with Gasteiger partial charge in [-0.05, 0) is 31.0 Å². The predicted octanol–water partition coefficient (Wildman–Crippen LogP) is 0.0463. The van der Waals surface area contributed by atoms with Crippen molar-refractivity contribution in [1.29, 1.82) is 0 Å². The fraction of sp³-hybridized carbons (Fsp3) is 0.364. The molecule has 1 atom stereocenters. The maximum atomic E-state index is 13.7. The number of nitrogen functional groups attached to an aromatic ring is 1. The number of hydrogen-bond acceptors (Lipinski definition) is 4. The highest BCUT2D eigenvalue weighted by molar-refractivity contribution is 7.89. The van der Waals surface area contributed by atoms with Crippen molar-refractivity contribution in [3.63, 3.8) is 0 Å². The molecule has 19 heavy (non-hydrogen) atoms. The lowest BCUT2D eigenvalue weighted by atomic mass is 10.2. The maximum absolute atomic E-state index is 13.7. The van der Waals surface area contributed by atoms with Crippen LogP contribution in [0.25, 0.3) is 0 Å². The van der Waals surface area contributed by atoms with Crippen molar-refractivity contribution in [2.24, 2.45) is 5.73 Å². The summed E-state index contributed by atoms with van der Waals surface area (Å²) in [7, 11) is -4.08. The van der Waals surface area contributed by atoms with Crippen molar-refractivity contribution in [3.8, 4) is 0 Å². The Balaban J connectivity index is 2.45. The number of anilines is 1. The smallest absolute Gasteiger partial charge is 0.246 e. The van der Waals surface area contributed by atoms with Crippen molar-refractivity contribution in [2.75, 3.05) is 12.3 Å². The number of nitrogens with zero attached hydrogens (tertiary/aromatic N) is 1. The first-order chi connectivity index (χ1) is 8.84. The molecule has 104 valence electrons. The summed E-state index contributed by atoms with van der Waals surface area (Å²) in [4.78, 5) is 10.7. The standard InChI is InChI=1S/C11H14FN3O3S/c12-8-6-7(13)3-4-10(8)19(17,18)15-5-1-2-9(15)11(14)16/h3-4,6,9H,1-2,5,13H2,(H2,14,16). The first-order valence-corrected chi connectivity index (χ1v) is 7.14. The minimum Gasteiger partial charge on any atom is -0.399 e. The second kappa shape index (κ2) is 4.78. The number of amides is 1. The minimum absolute atomic E-state index is 0.129. The van der Waals surface area contributed by atoms with Gasteiger partial charge in [0.2, 0.25) is 15.9 Å². The molecule has 1 heterocycles. The number of hydrogen-bond donors (Lipinski definition) is 2. The summed E-state index contributed by atoms with van der Waals surface area (Å²) in [5, 5.41) is 0. The number of rotatable bonds is 3. The van der Waals surface area contributed by atoms with Gasteiger partial charge in [0.15, 0.2) is 0 Å². The first-order valence-electron chi connectivity index (χ1n) is 5.70. The molecular formula is C11H14FN3O3S. The molecule has 8 heteroatoms. The molecule has 0 aliphatic carbocycles. The van der Waals surface area contributed by atoms with Gasteiger partial charge in [0.25, 0.3) is 0 Å². The molecule has 1 aliphatic heterocycles. The van der Waals surface area contributed by atoms with E-state index < -0.39 is 32.7 Å². The molecule has 2 rings (SSSR count). The molecule has 1 unspecified atom stereocenters. The highest BCUT2D eigenvalue weighted by Gasteiger charge is 2.39. The molecule has 1 amide bonds. The first kappa shape index (κ1) is 13.8. The van der Waals surface area contributed by atoms with E-state index >= 15 is 0 Å². The van der Waals surface area contributed by atoms with Gasteiger partial charge in [0, 0.05) is 12.2 Å². The Kier molecular flexibility index (Phi) is 3.46. The van der Waals surface area contributed by atoms with Crippen molar-refractivity contribution in [3.05, 3.63) is 24.0 Å². The number of halogens is 1. The van der Waals surface area contributed by atoms with E-state index in [0.29, 0.717) is 12.8 Å². The molecule has 1 aliphatic rings. The van der Waals surface area contributed by atoms with Crippen LogP contribution >= 0.6 is 0 Å². The van der Waals surface area contributed by atoms with E-state index in [-0.39, 0.29) is 12.2 Å². The molecule has 0 spiro atoms. The van der Waals surface area contributed by atoms with Gasteiger partial charge in [0.05, 0.1) is 0 Å². The Hall–Kier alpha value is -1.67.